The van der Waals surface area contributed by atoms with E-state index in [1.54, 1.807) is 18.2 Å². The van der Waals surface area contributed by atoms with Crippen LogP contribution in [0.4, 0.5) is 5.13 Å². The van der Waals surface area contributed by atoms with Crippen molar-refractivity contribution in [3.63, 3.8) is 0 Å². The molecule has 1 aliphatic heterocycles. The summed E-state index contributed by atoms with van der Waals surface area (Å²) in [6, 6.07) is 15.0. The predicted octanol–water partition coefficient (Wildman–Crippen LogP) is 4.87. The highest BCUT2D eigenvalue weighted by Gasteiger charge is 2.63. The van der Waals surface area contributed by atoms with E-state index >= 15 is 0 Å². The predicted molar refractivity (Wildman–Crippen MR) is 127 cm³/mol. The molecule has 1 spiro atoms. The molecule has 8 heteroatoms. The third-order valence-corrected chi connectivity index (χ3v) is 8.35. The van der Waals surface area contributed by atoms with Gasteiger partial charge in [-0.05, 0) is 29.7 Å². The number of amides is 1. The van der Waals surface area contributed by atoms with Gasteiger partial charge in [0.15, 0.2) is 10.9 Å². The summed E-state index contributed by atoms with van der Waals surface area (Å²) in [5, 5.41) is 14.6. The zero-order chi connectivity index (χ0) is 23.5. The third-order valence-electron chi connectivity index (χ3n) is 7.59. The Morgan fingerprint density at radius 1 is 1.06 bits per heavy atom. The van der Waals surface area contributed by atoms with Crippen LogP contribution in [0.25, 0.3) is 11.3 Å². The van der Waals surface area contributed by atoms with E-state index in [0.29, 0.717) is 42.4 Å². The minimum absolute atomic E-state index is 0.00226. The second-order valence-corrected chi connectivity index (χ2v) is 10.3. The van der Waals surface area contributed by atoms with Gasteiger partial charge in [-0.3, -0.25) is 4.79 Å². The molecule has 2 bridgehead atoms. The molecule has 34 heavy (non-hydrogen) atoms. The van der Waals surface area contributed by atoms with E-state index in [1.165, 1.54) is 22.5 Å². The topological polar surface area (TPSA) is 97.8 Å². The lowest BCUT2D eigenvalue weighted by molar-refractivity contribution is -0.216. The number of carbonyl (C=O) groups is 2. The Morgan fingerprint density at radius 2 is 1.79 bits per heavy atom. The van der Waals surface area contributed by atoms with E-state index in [4.69, 9.17) is 9.47 Å². The Bertz CT molecular complexity index is 1300. The number of anilines is 1. The Kier molecular flexibility index (Phi) is 4.88. The number of ether oxygens (including phenoxy) is 2. The highest BCUT2D eigenvalue weighted by Crippen LogP contribution is 2.64. The second-order valence-electron chi connectivity index (χ2n) is 9.45. The Labute approximate surface area is 200 Å². The Morgan fingerprint density at radius 3 is 2.53 bits per heavy atom. The van der Waals surface area contributed by atoms with E-state index in [-0.39, 0.29) is 23.3 Å². The van der Waals surface area contributed by atoms with Crippen LogP contribution >= 0.6 is 11.3 Å². The second kappa shape index (κ2) is 7.73. The van der Waals surface area contributed by atoms with E-state index in [1.807, 2.05) is 30.5 Å². The Hall–Kier alpha value is -3.07. The highest BCUT2D eigenvalue weighted by molar-refractivity contribution is 7.14. The van der Waals surface area contributed by atoms with Crippen LogP contribution in [-0.4, -0.2) is 41.0 Å². The van der Waals surface area contributed by atoms with Crippen LogP contribution in [0.5, 0.6) is 0 Å². The zero-order valence-electron chi connectivity index (χ0n) is 18.6. The lowest BCUT2D eigenvalue weighted by Crippen LogP contribution is -2.56. The molecule has 3 unspecified atom stereocenters. The summed E-state index contributed by atoms with van der Waals surface area (Å²) < 4.78 is 12.3. The fourth-order valence-electron chi connectivity index (χ4n) is 5.88. The number of nitrogens with one attached hydrogen (secondary N) is 1. The number of thiazole rings is 1. The first-order valence-corrected chi connectivity index (χ1v) is 12.2. The molecule has 2 aromatic carbocycles. The third kappa shape index (κ3) is 3.20. The maximum atomic E-state index is 13.7. The van der Waals surface area contributed by atoms with Crippen molar-refractivity contribution in [2.75, 3.05) is 18.5 Å². The average Bonchev–Trinajstić information content (AvgIpc) is 3.51. The molecular formula is C26H24N2O5S. The minimum atomic E-state index is -0.987. The summed E-state index contributed by atoms with van der Waals surface area (Å²) in [6.45, 7) is 3.20. The van der Waals surface area contributed by atoms with Crippen molar-refractivity contribution >= 4 is 28.3 Å². The zero-order valence-corrected chi connectivity index (χ0v) is 19.4. The molecule has 174 valence electrons. The van der Waals surface area contributed by atoms with E-state index in [9.17, 15) is 14.7 Å². The highest BCUT2D eigenvalue weighted by atomic mass is 32.1. The quantitative estimate of drug-likeness (QED) is 0.558. The smallest absolute Gasteiger partial charge is 0.335 e. The first-order valence-electron chi connectivity index (χ1n) is 11.4. The molecule has 3 atom stereocenters. The van der Waals surface area contributed by atoms with Gasteiger partial charge < -0.3 is 19.9 Å². The number of carboxylic acid groups (broad SMARTS) is 1. The number of carbonyl (C=O) groups excluding carboxylic acids is 1. The molecule has 1 saturated carbocycles. The van der Waals surface area contributed by atoms with Crippen molar-refractivity contribution in [3.05, 3.63) is 70.6 Å². The number of benzene rings is 2. The molecule has 1 amide bonds. The van der Waals surface area contributed by atoms with Gasteiger partial charge in [0.05, 0.1) is 29.9 Å². The number of rotatable bonds is 4. The molecule has 2 N–H and O–H groups in total. The van der Waals surface area contributed by atoms with Gasteiger partial charge in [-0.1, -0.05) is 43.3 Å². The fraction of sp³-hybridized carbons (Fsp3) is 0.346. The number of hydrogen-bond donors (Lipinski definition) is 2. The number of hydrogen-bond acceptors (Lipinski definition) is 6. The molecule has 1 aromatic heterocycles. The van der Waals surface area contributed by atoms with Gasteiger partial charge in [0.1, 0.15) is 0 Å². The standard InChI is InChI=1S/C26H24N2O5S/c1-25(12-20-18-8-3-2-7-17(18)19(25)13-26(20)32-9-10-33-26)23(31)28-24-27-21(14-34-24)15-5-4-6-16(11-15)22(29)30/h2-8,11,14,19-20H,9-10,12-13H2,1H3,(H,29,30)(H,27,28,31). The monoisotopic (exact) mass is 476 g/mol. The first-order chi connectivity index (χ1) is 16.4. The van der Waals surface area contributed by atoms with E-state index < -0.39 is 17.2 Å². The van der Waals surface area contributed by atoms with Gasteiger partial charge in [-0.15, -0.1) is 11.3 Å². The van der Waals surface area contributed by atoms with Crippen molar-refractivity contribution in [2.45, 2.75) is 37.4 Å². The lowest BCUT2D eigenvalue weighted by Gasteiger charge is -2.56. The molecule has 3 aromatic rings. The van der Waals surface area contributed by atoms with Crippen LogP contribution in [0.3, 0.4) is 0 Å². The number of nitrogens with zero attached hydrogens (tertiary/aromatic N) is 1. The number of aromatic carboxylic acids is 1. The summed E-state index contributed by atoms with van der Waals surface area (Å²) in [5.41, 5.74) is 3.33. The number of fused-ring (bicyclic) bond motifs is 1. The number of aromatic nitrogens is 1. The molecule has 3 aliphatic carbocycles. The van der Waals surface area contributed by atoms with Crippen molar-refractivity contribution in [3.8, 4) is 11.3 Å². The maximum absolute atomic E-state index is 13.7. The first kappa shape index (κ1) is 21.5. The average molecular weight is 477 g/mol. The lowest BCUT2D eigenvalue weighted by atomic mass is 9.52. The normalized spacial score (nSPS) is 26.4. The van der Waals surface area contributed by atoms with Gasteiger partial charge in [-0.25, -0.2) is 9.78 Å². The van der Waals surface area contributed by atoms with Crippen molar-refractivity contribution < 1.29 is 24.2 Å². The molecule has 2 heterocycles. The van der Waals surface area contributed by atoms with Crippen molar-refractivity contribution in [1.82, 2.24) is 4.98 Å². The van der Waals surface area contributed by atoms with Crippen molar-refractivity contribution in [1.29, 1.82) is 0 Å². The SMILES string of the molecule is CC1(C(=O)Nc2nc(-c3cccc(C(=O)O)c3)cs2)CC2c3ccccc3C1CC21OCCO1. The summed E-state index contributed by atoms with van der Waals surface area (Å²) in [7, 11) is 0. The Balaban J connectivity index is 1.28. The largest absolute Gasteiger partial charge is 0.478 e. The summed E-state index contributed by atoms with van der Waals surface area (Å²) in [5.74, 6) is -1.72. The summed E-state index contributed by atoms with van der Waals surface area (Å²) in [6.07, 6.45) is 1.29. The summed E-state index contributed by atoms with van der Waals surface area (Å²) in [4.78, 5) is 29.5. The van der Waals surface area contributed by atoms with E-state index in [0.717, 1.165) is 0 Å². The van der Waals surface area contributed by atoms with Gasteiger partial charge in [0, 0.05) is 29.2 Å². The molecule has 1 saturated heterocycles. The van der Waals surface area contributed by atoms with Crippen LogP contribution in [0.2, 0.25) is 0 Å². The molecule has 7 rings (SSSR count). The summed E-state index contributed by atoms with van der Waals surface area (Å²) >= 11 is 1.33. The van der Waals surface area contributed by atoms with Crippen molar-refractivity contribution in [2.24, 2.45) is 5.41 Å². The maximum Gasteiger partial charge on any atom is 0.335 e. The van der Waals surface area contributed by atoms with Gasteiger partial charge >= 0.3 is 5.97 Å². The van der Waals surface area contributed by atoms with Crippen LogP contribution in [0.1, 0.15) is 53.1 Å². The van der Waals surface area contributed by atoms with Crippen LogP contribution < -0.4 is 5.32 Å². The van der Waals surface area contributed by atoms with Gasteiger partial charge in [0.25, 0.3) is 0 Å². The van der Waals surface area contributed by atoms with Gasteiger partial charge in [0.2, 0.25) is 5.91 Å². The van der Waals surface area contributed by atoms with Crippen LogP contribution in [0, 0.1) is 5.41 Å². The fourth-order valence-corrected chi connectivity index (χ4v) is 6.59. The van der Waals surface area contributed by atoms with Crippen LogP contribution in [0.15, 0.2) is 53.9 Å². The molecule has 7 nitrogen and oxygen atoms in total. The van der Waals surface area contributed by atoms with E-state index in [2.05, 4.69) is 22.4 Å². The molecule has 2 fully saturated rings. The molecule has 4 aliphatic rings. The minimum Gasteiger partial charge on any atom is -0.478 e. The molecule has 0 radical (unpaired) electrons. The molecular weight excluding hydrogens is 452 g/mol. The van der Waals surface area contributed by atoms with Crippen LogP contribution in [-0.2, 0) is 14.3 Å². The number of carboxylic acids is 1. The van der Waals surface area contributed by atoms with Gasteiger partial charge in [-0.2, -0.15) is 0 Å².